The Hall–Kier alpha value is -0.850. The average molecular weight is 163 g/mol. The van der Waals surface area contributed by atoms with Crippen molar-refractivity contribution in [1.82, 2.24) is 4.98 Å². The third-order valence-corrected chi connectivity index (χ3v) is 2.54. The highest BCUT2D eigenvalue weighted by atomic mass is 14.7. The van der Waals surface area contributed by atoms with Gasteiger partial charge >= 0.3 is 0 Å². The van der Waals surface area contributed by atoms with E-state index in [-0.39, 0.29) is 0 Å². The molecule has 1 heterocycles. The second-order valence-electron chi connectivity index (χ2n) is 3.48. The zero-order valence-corrected chi connectivity index (χ0v) is 8.39. The van der Waals surface area contributed by atoms with Gasteiger partial charge in [0.25, 0.3) is 0 Å². The molecule has 1 rings (SSSR count). The average Bonchev–Trinajstić information content (AvgIpc) is 2.08. The van der Waals surface area contributed by atoms with Gasteiger partial charge in [0.1, 0.15) is 0 Å². The summed E-state index contributed by atoms with van der Waals surface area (Å²) in [6.07, 6.45) is 3.18. The van der Waals surface area contributed by atoms with Gasteiger partial charge in [0.05, 0.1) is 0 Å². The van der Waals surface area contributed by atoms with Crippen molar-refractivity contribution in [3.63, 3.8) is 0 Å². The molecule has 1 heteroatoms. The summed E-state index contributed by atoms with van der Waals surface area (Å²) in [5.74, 6) is 0.636. The molecular formula is C11H17N. The SMILES string of the molecule is CCC(C)c1cnc(C)c(C)c1. The van der Waals surface area contributed by atoms with Gasteiger partial charge in [-0.25, -0.2) is 0 Å². The topological polar surface area (TPSA) is 12.9 Å². The van der Waals surface area contributed by atoms with Crippen molar-refractivity contribution in [2.24, 2.45) is 0 Å². The molecule has 0 saturated carbocycles. The normalized spacial score (nSPS) is 13.0. The van der Waals surface area contributed by atoms with Gasteiger partial charge < -0.3 is 0 Å². The van der Waals surface area contributed by atoms with E-state index < -0.39 is 0 Å². The van der Waals surface area contributed by atoms with E-state index >= 15 is 0 Å². The molecule has 0 aliphatic carbocycles. The molecule has 1 nitrogen and oxygen atoms in total. The molecule has 1 atom stereocenters. The summed E-state index contributed by atoms with van der Waals surface area (Å²) in [5, 5.41) is 0. The third-order valence-electron chi connectivity index (χ3n) is 2.54. The predicted octanol–water partition coefficient (Wildman–Crippen LogP) is 3.21. The summed E-state index contributed by atoms with van der Waals surface area (Å²) in [7, 11) is 0. The second kappa shape index (κ2) is 3.70. The lowest BCUT2D eigenvalue weighted by Gasteiger charge is -2.09. The highest BCUT2D eigenvalue weighted by Crippen LogP contribution is 2.19. The molecule has 0 bridgehead atoms. The molecule has 0 spiro atoms. The van der Waals surface area contributed by atoms with Crippen LogP contribution in [0.2, 0.25) is 0 Å². The molecule has 12 heavy (non-hydrogen) atoms. The van der Waals surface area contributed by atoms with E-state index in [0.29, 0.717) is 5.92 Å². The summed E-state index contributed by atoms with van der Waals surface area (Å²) < 4.78 is 0. The first-order valence-corrected chi connectivity index (χ1v) is 4.58. The van der Waals surface area contributed by atoms with Gasteiger partial charge in [0.2, 0.25) is 0 Å². The van der Waals surface area contributed by atoms with E-state index in [1.165, 1.54) is 17.5 Å². The van der Waals surface area contributed by atoms with Crippen LogP contribution in [0.4, 0.5) is 0 Å². The monoisotopic (exact) mass is 163 g/mol. The summed E-state index contributed by atoms with van der Waals surface area (Å²) >= 11 is 0. The molecular weight excluding hydrogens is 146 g/mol. The molecule has 0 amide bonds. The molecule has 1 aromatic rings. The van der Waals surface area contributed by atoms with Gasteiger partial charge in [-0.05, 0) is 37.3 Å². The minimum Gasteiger partial charge on any atom is -0.261 e. The first-order chi connectivity index (χ1) is 5.65. The van der Waals surface area contributed by atoms with Gasteiger partial charge in [0.15, 0.2) is 0 Å². The lowest BCUT2D eigenvalue weighted by atomic mass is 9.99. The van der Waals surface area contributed by atoms with Crippen LogP contribution in [0, 0.1) is 13.8 Å². The van der Waals surface area contributed by atoms with Crippen LogP contribution in [-0.4, -0.2) is 4.98 Å². The highest BCUT2D eigenvalue weighted by Gasteiger charge is 2.03. The van der Waals surface area contributed by atoms with Crippen molar-refractivity contribution in [2.75, 3.05) is 0 Å². The molecule has 1 unspecified atom stereocenters. The van der Waals surface area contributed by atoms with Crippen LogP contribution in [0.1, 0.15) is 43.0 Å². The number of hydrogen-bond donors (Lipinski definition) is 0. The van der Waals surface area contributed by atoms with Crippen molar-refractivity contribution in [2.45, 2.75) is 40.0 Å². The fraction of sp³-hybridized carbons (Fsp3) is 0.545. The largest absolute Gasteiger partial charge is 0.261 e. The van der Waals surface area contributed by atoms with Crippen molar-refractivity contribution in [3.05, 3.63) is 29.1 Å². The Balaban J connectivity index is 2.96. The molecule has 0 saturated heterocycles. The van der Waals surface area contributed by atoms with Crippen LogP contribution in [0.3, 0.4) is 0 Å². The number of hydrogen-bond acceptors (Lipinski definition) is 1. The summed E-state index contributed by atoms with van der Waals surface area (Å²) in [6.45, 7) is 8.62. The highest BCUT2D eigenvalue weighted by molar-refractivity contribution is 5.25. The smallest absolute Gasteiger partial charge is 0.0401 e. The van der Waals surface area contributed by atoms with Crippen LogP contribution < -0.4 is 0 Å². The molecule has 0 aromatic carbocycles. The van der Waals surface area contributed by atoms with E-state index in [9.17, 15) is 0 Å². The molecule has 0 N–H and O–H groups in total. The number of rotatable bonds is 2. The fourth-order valence-electron chi connectivity index (χ4n) is 1.17. The minimum atomic E-state index is 0.636. The zero-order chi connectivity index (χ0) is 9.14. The maximum Gasteiger partial charge on any atom is 0.0401 e. The van der Waals surface area contributed by atoms with Crippen molar-refractivity contribution >= 4 is 0 Å². The fourth-order valence-corrected chi connectivity index (χ4v) is 1.17. The Morgan fingerprint density at radius 3 is 2.58 bits per heavy atom. The van der Waals surface area contributed by atoms with E-state index in [1.807, 2.05) is 6.20 Å². The lowest BCUT2D eigenvalue weighted by Crippen LogP contribution is -1.95. The Morgan fingerprint density at radius 2 is 2.08 bits per heavy atom. The van der Waals surface area contributed by atoms with E-state index in [4.69, 9.17) is 0 Å². The van der Waals surface area contributed by atoms with Crippen molar-refractivity contribution in [1.29, 1.82) is 0 Å². The van der Waals surface area contributed by atoms with Crippen LogP contribution >= 0.6 is 0 Å². The van der Waals surface area contributed by atoms with Crippen LogP contribution in [0.15, 0.2) is 12.3 Å². The third kappa shape index (κ3) is 1.84. The van der Waals surface area contributed by atoms with Gasteiger partial charge in [0, 0.05) is 11.9 Å². The van der Waals surface area contributed by atoms with Crippen LogP contribution in [-0.2, 0) is 0 Å². The first kappa shape index (κ1) is 9.24. The van der Waals surface area contributed by atoms with Crippen molar-refractivity contribution in [3.8, 4) is 0 Å². The molecule has 1 aromatic heterocycles. The Morgan fingerprint density at radius 1 is 1.42 bits per heavy atom. The number of pyridine rings is 1. The summed E-state index contributed by atoms with van der Waals surface area (Å²) in [4.78, 5) is 4.35. The van der Waals surface area contributed by atoms with Gasteiger partial charge in [-0.1, -0.05) is 19.9 Å². The first-order valence-electron chi connectivity index (χ1n) is 4.58. The standard InChI is InChI=1S/C11H17N/c1-5-8(2)11-6-9(3)10(4)12-7-11/h6-8H,5H2,1-4H3. The maximum atomic E-state index is 4.35. The van der Waals surface area contributed by atoms with Crippen LogP contribution in [0.5, 0.6) is 0 Å². The molecule has 0 aliphatic rings. The van der Waals surface area contributed by atoms with E-state index in [2.05, 4.69) is 38.7 Å². The van der Waals surface area contributed by atoms with Gasteiger partial charge in [-0.15, -0.1) is 0 Å². The predicted molar refractivity (Wildman–Crippen MR) is 52.4 cm³/mol. The molecule has 0 radical (unpaired) electrons. The lowest BCUT2D eigenvalue weighted by molar-refractivity contribution is 0.727. The number of nitrogens with zero attached hydrogens (tertiary/aromatic N) is 1. The van der Waals surface area contributed by atoms with Gasteiger partial charge in [-0.2, -0.15) is 0 Å². The van der Waals surface area contributed by atoms with Crippen molar-refractivity contribution < 1.29 is 0 Å². The zero-order valence-electron chi connectivity index (χ0n) is 8.39. The Labute approximate surface area is 74.8 Å². The second-order valence-corrected chi connectivity index (χ2v) is 3.48. The number of aryl methyl sites for hydroxylation is 2. The van der Waals surface area contributed by atoms with E-state index in [0.717, 1.165) is 5.69 Å². The molecule has 0 aliphatic heterocycles. The van der Waals surface area contributed by atoms with E-state index in [1.54, 1.807) is 0 Å². The summed E-state index contributed by atoms with van der Waals surface area (Å²) in [6, 6.07) is 2.25. The quantitative estimate of drug-likeness (QED) is 0.652. The van der Waals surface area contributed by atoms with Gasteiger partial charge in [-0.3, -0.25) is 4.98 Å². The molecule has 0 fully saturated rings. The number of aromatic nitrogens is 1. The summed E-state index contributed by atoms with van der Waals surface area (Å²) in [5.41, 5.74) is 3.80. The maximum absolute atomic E-state index is 4.35. The minimum absolute atomic E-state index is 0.636. The Kier molecular flexibility index (Phi) is 2.85. The van der Waals surface area contributed by atoms with Crippen LogP contribution in [0.25, 0.3) is 0 Å². The Bertz CT molecular complexity index is 266. The molecule has 66 valence electrons.